The first kappa shape index (κ1) is 14.9. The van der Waals surface area contributed by atoms with Gasteiger partial charge in [0.05, 0.1) is 5.51 Å². The van der Waals surface area contributed by atoms with Gasteiger partial charge in [-0.1, -0.05) is 0 Å². The lowest BCUT2D eigenvalue weighted by Crippen LogP contribution is -2.49. The Morgan fingerprint density at radius 2 is 2.14 bits per heavy atom. The molecular weight excluding hydrogens is 298 g/mol. The number of hydrogen-bond acceptors (Lipinski definition) is 6. The quantitative estimate of drug-likeness (QED) is 0.866. The van der Waals surface area contributed by atoms with E-state index >= 15 is 0 Å². The molecule has 0 bridgehead atoms. The van der Waals surface area contributed by atoms with Crippen molar-refractivity contribution in [3.8, 4) is 0 Å². The molecule has 22 heavy (non-hydrogen) atoms. The molecular formula is C15H19N5OS. The zero-order valence-corrected chi connectivity index (χ0v) is 13.6. The first-order valence-corrected chi connectivity index (χ1v) is 8.28. The Hall–Kier alpha value is -2.02. The van der Waals surface area contributed by atoms with Gasteiger partial charge in [-0.05, 0) is 25.3 Å². The molecule has 1 amide bonds. The average Bonchev–Trinajstić information content (AvgIpc) is 3.09. The van der Waals surface area contributed by atoms with Crippen molar-refractivity contribution in [3.05, 3.63) is 34.5 Å². The van der Waals surface area contributed by atoms with Gasteiger partial charge in [-0.25, -0.2) is 15.0 Å². The highest BCUT2D eigenvalue weighted by molar-refractivity contribution is 7.07. The number of aryl methyl sites for hydroxylation is 1. The maximum absolute atomic E-state index is 12.4. The number of carbonyl (C=O) groups is 1. The summed E-state index contributed by atoms with van der Waals surface area (Å²) in [5.74, 6) is 0.725. The van der Waals surface area contributed by atoms with Crippen molar-refractivity contribution >= 4 is 23.2 Å². The van der Waals surface area contributed by atoms with Gasteiger partial charge < -0.3 is 9.80 Å². The van der Waals surface area contributed by atoms with Crippen LogP contribution in [-0.2, 0) is 0 Å². The zero-order chi connectivity index (χ0) is 15.5. The van der Waals surface area contributed by atoms with E-state index in [2.05, 4.69) is 19.9 Å². The van der Waals surface area contributed by atoms with Crippen molar-refractivity contribution in [2.45, 2.75) is 25.8 Å². The molecule has 0 aromatic carbocycles. The normalized spacial score (nSPS) is 18.3. The molecule has 1 aliphatic rings. The maximum atomic E-state index is 12.4. The fourth-order valence-electron chi connectivity index (χ4n) is 2.67. The van der Waals surface area contributed by atoms with E-state index in [1.165, 1.54) is 11.3 Å². The summed E-state index contributed by atoms with van der Waals surface area (Å²) >= 11 is 1.45. The first-order valence-electron chi connectivity index (χ1n) is 7.34. The number of rotatable bonds is 3. The second-order valence-electron chi connectivity index (χ2n) is 5.59. The largest absolute Gasteiger partial charge is 0.339 e. The fourth-order valence-corrected chi connectivity index (χ4v) is 3.19. The summed E-state index contributed by atoms with van der Waals surface area (Å²) in [6.45, 7) is 3.44. The lowest BCUT2D eigenvalue weighted by atomic mass is 10.0. The van der Waals surface area contributed by atoms with E-state index in [-0.39, 0.29) is 11.9 Å². The number of hydrogen-bond donors (Lipinski definition) is 0. The number of amides is 1. The van der Waals surface area contributed by atoms with Crippen LogP contribution < -0.4 is 4.90 Å². The Morgan fingerprint density at radius 3 is 2.82 bits per heavy atom. The number of piperidine rings is 1. The van der Waals surface area contributed by atoms with Crippen LogP contribution in [0, 0.1) is 6.92 Å². The summed E-state index contributed by atoms with van der Waals surface area (Å²) < 4.78 is 0. The van der Waals surface area contributed by atoms with Crippen LogP contribution in [0.25, 0.3) is 0 Å². The number of aromatic nitrogens is 3. The summed E-state index contributed by atoms with van der Waals surface area (Å²) in [7, 11) is 1.99. The van der Waals surface area contributed by atoms with Gasteiger partial charge in [-0.15, -0.1) is 11.3 Å². The second kappa shape index (κ2) is 6.39. The fraction of sp³-hybridized carbons (Fsp3) is 0.467. The van der Waals surface area contributed by atoms with E-state index in [1.807, 2.05) is 31.3 Å². The predicted molar refractivity (Wildman–Crippen MR) is 86.2 cm³/mol. The Labute approximate surface area is 133 Å². The minimum atomic E-state index is 0.0178. The van der Waals surface area contributed by atoms with Crippen molar-refractivity contribution in [2.75, 3.05) is 25.0 Å². The van der Waals surface area contributed by atoms with Gasteiger partial charge in [0.25, 0.3) is 5.91 Å². The van der Waals surface area contributed by atoms with E-state index in [0.29, 0.717) is 18.2 Å². The summed E-state index contributed by atoms with van der Waals surface area (Å²) in [5.41, 5.74) is 3.28. The molecule has 0 radical (unpaired) electrons. The van der Waals surface area contributed by atoms with E-state index in [1.54, 1.807) is 10.9 Å². The summed E-state index contributed by atoms with van der Waals surface area (Å²) in [5, 5.41) is 1.80. The molecule has 1 atom stereocenters. The third kappa shape index (κ3) is 3.09. The minimum Gasteiger partial charge on any atom is -0.339 e. The number of carbonyl (C=O) groups excluding carboxylic acids is 1. The molecule has 1 unspecified atom stereocenters. The van der Waals surface area contributed by atoms with Crippen molar-refractivity contribution < 1.29 is 4.79 Å². The second-order valence-corrected chi connectivity index (χ2v) is 6.31. The summed E-state index contributed by atoms with van der Waals surface area (Å²) in [6.07, 6.45) is 5.66. The lowest BCUT2D eigenvalue weighted by molar-refractivity contribution is 0.0702. The number of likely N-dealkylation sites (tertiary alicyclic amines) is 1. The Kier molecular flexibility index (Phi) is 4.33. The number of likely N-dealkylation sites (N-methyl/N-ethyl adjacent to an activating group) is 1. The van der Waals surface area contributed by atoms with Crippen LogP contribution in [0.2, 0.25) is 0 Å². The van der Waals surface area contributed by atoms with Gasteiger partial charge in [-0.2, -0.15) is 0 Å². The number of anilines is 1. The van der Waals surface area contributed by atoms with Gasteiger partial charge in [-0.3, -0.25) is 4.79 Å². The molecule has 0 N–H and O–H groups in total. The summed E-state index contributed by atoms with van der Waals surface area (Å²) in [4.78, 5) is 29.2. The van der Waals surface area contributed by atoms with Crippen molar-refractivity contribution in [3.63, 3.8) is 0 Å². The standard InChI is InChI=1S/C15H19N5OS/c1-11-6-16-15(17-7-11)19(2)12-4-3-5-20(8-12)14(21)13-9-22-10-18-13/h6-7,9-10,12H,3-5,8H2,1-2H3. The van der Waals surface area contributed by atoms with E-state index in [0.717, 1.165) is 24.9 Å². The smallest absolute Gasteiger partial charge is 0.273 e. The monoisotopic (exact) mass is 317 g/mol. The first-order chi connectivity index (χ1) is 10.6. The van der Waals surface area contributed by atoms with Crippen LogP contribution in [0.3, 0.4) is 0 Å². The van der Waals surface area contributed by atoms with Gasteiger partial charge in [0.2, 0.25) is 5.95 Å². The third-order valence-corrected chi connectivity index (χ3v) is 4.55. The van der Waals surface area contributed by atoms with Crippen LogP contribution in [0.4, 0.5) is 5.95 Å². The molecule has 116 valence electrons. The molecule has 1 aliphatic heterocycles. The van der Waals surface area contributed by atoms with Crippen LogP contribution in [-0.4, -0.2) is 51.9 Å². The summed E-state index contributed by atoms with van der Waals surface area (Å²) in [6, 6.07) is 0.235. The SMILES string of the molecule is Cc1cnc(N(C)C2CCCN(C(=O)c3cscn3)C2)nc1. The van der Waals surface area contributed by atoms with Gasteiger partial charge in [0.15, 0.2) is 0 Å². The molecule has 1 saturated heterocycles. The van der Waals surface area contributed by atoms with E-state index in [4.69, 9.17) is 0 Å². The Morgan fingerprint density at radius 1 is 1.36 bits per heavy atom. The molecule has 6 nitrogen and oxygen atoms in total. The molecule has 7 heteroatoms. The molecule has 0 saturated carbocycles. The Balaban J connectivity index is 1.70. The highest BCUT2D eigenvalue weighted by Gasteiger charge is 2.28. The highest BCUT2D eigenvalue weighted by Crippen LogP contribution is 2.20. The number of nitrogens with zero attached hydrogens (tertiary/aromatic N) is 5. The van der Waals surface area contributed by atoms with Gasteiger partial charge in [0.1, 0.15) is 5.69 Å². The van der Waals surface area contributed by atoms with Crippen LogP contribution in [0.1, 0.15) is 28.9 Å². The molecule has 2 aromatic heterocycles. The van der Waals surface area contributed by atoms with Crippen molar-refractivity contribution in [1.82, 2.24) is 19.9 Å². The van der Waals surface area contributed by atoms with Crippen LogP contribution in [0.5, 0.6) is 0 Å². The van der Waals surface area contributed by atoms with Gasteiger partial charge >= 0.3 is 0 Å². The van der Waals surface area contributed by atoms with Crippen molar-refractivity contribution in [2.24, 2.45) is 0 Å². The maximum Gasteiger partial charge on any atom is 0.273 e. The predicted octanol–water partition coefficient (Wildman–Crippen LogP) is 1.98. The minimum absolute atomic E-state index is 0.0178. The topological polar surface area (TPSA) is 62.2 Å². The third-order valence-electron chi connectivity index (χ3n) is 3.97. The molecule has 3 heterocycles. The Bertz CT molecular complexity index is 628. The molecule has 1 fully saturated rings. The van der Waals surface area contributed by atoms with Crippen LogP contribution >= 0.6 is 11.3 Å². The highest BCUT2D eigenvalue weighted by atomic mass is 32.1. The van der Waals surface area contributed by atoms with Gasteiger partial charge in [0, 0.05) is 44.0 Å². The van der Waals surface area contributed by atoms with E-state index < -0.39 is 0 Å². The molecule has 0 aliphatic carbocycles. The molecule has 2 aromatic rings. The van der Waals surface area contributed by atoms with Crippen molar-refractivity contribution in [1.29, 1.82) is 0 Å². The average molecular weight is 317 g/mol. The molecule has 3 rings (SSSR count). The van der Waals surface area contributed by atoms with E-state index in [9.17, 15) is 4.79 Å². The molecule has 0 spiro atoms. The van der Waals surface area contributed by atoms with Crippen LogP contribution in [0.15, 0.2) is 23.3 Å². The zero-order valence-electron chi connectivity index (χ0n) is 12.8. The lowest BCUT2D eigenvalue weighted by Gasteiger charge is -2.37. The number of thiazole rings is 1.